The smallest absolute Gasteiger partial charge is 0.212 e. The number of Topliss-reactive ketones (excluding diaryl/α,β-unsaturated/α-hetero) is 1. The fourth-order valence-electron chi connectivity index (χ4n) is 2.42. The molecular weight excluding hydrogens is 244 g/mol. The fraction of sp³-hybridized carbons (Fsp3) is 0.385. The van der Waals surface area contributed by atoms with Gasteiger partial charge in [-0.05, 0) is 36.5 Å². The van der Waals surface area contributed by atoms with Gasteiger partial charge in [0, 0.05) is 17.1 Å². The second-order valence-electron chi connectivity index (χ2n) is 4.51. The lowest BCUT2D eigenvalue weighted by Gasteiger charge is -2.21. The van der Waals surface area contributed by atoms with Gasteiger partial charge in [0.25, 0.3) is 0 Å². The van der Waals surface area contributed by atoms with Crippen LogP contribution >= 0.6 is 0 Å². The Kier molecular flexibility index (Phi) is 4.28. The zero-order chi connectivity index (χ0) is 13.7. The number of azide groups is 1. The number of likely N-dealkylation sites (tertiary alicyclic amines) is 1. The van der Waals surface area contributed by atoms with E-state index in [1.165, 1.54) is 0 Å². The normalized spacial score (nSPS) is 18.8. The minimum atomic E-state index is -0.358. The summed E-state index contributed by atoms with van der Waals surface area (Å²) in [7, 11) is 0. The maximum Gasteiger partial charge on any atom is 0.212 e. The van der Waals surface area contributed by atoms with Crippen LogP contribution in [0.2, 0.25) is 0 Å². The molecule has 6 heteroatoms. The maximum atomic E-state index is 11.5. The third-order valence-corrected chi connectivity index (χ3v) is 3.26. The Morgan fingerprint density at radius 3 is 3.16 bits per heavy atom. The SMILES string of the molecule is [N-]=[N+]=Nc1cccc(CN2CCCC2C(=O)C=O)c1. The highest BCUT2D eigenvalue weighted by Crippen LogP contribution is 2.22. The number of carbonyl (C=O) groups is 2. The Balaban J connectivity index is 2.11. The van der Waals surface area contributed by atoms with Gasteiger partial charge in [-0.25, -0.2) is 0 Å². The fourth-order valence-corrected chi connectivity index (χ4v) is 2.42. The minimum absolute atomic E-state index is 0.305. The van der Waals surface area contributed by atoms with E-state index in [0.29, 0.717) is 18.5 Å². The summed E-state index contributed by atoms with van der Waals surface area (Å²) in [5.74, 6) is -0.358. The molecule has 0 N–H and O–H groups in total. The van der Waals surface area contributed by atoms with Gasteiger partial charge in [-0.1, -0.05) is 23.3 Å². The molecule has 0 spiro atoms. The molecule has 1 atom stereocenters. The number of rotatable bonds is 5. The Bertz CT molecular complexity index is 537. The van der Waals surface area contributed by atoms with E-state index in [9.17, 15) is 9.59 Å². The van der Waals surface area contributed by atoms with Crippen molar-refractivity contribution in [1.29, 1.82) is 0 Å². The van der Waals surface area contributed by atoms with Crippen molar-refractivity contribution in [2.45, 2.75) is 25.4 Å². The molecule has 1 unspecified atom stereocenters. The van der Waals surface area contributed by atoms with Gasteiger partial charge >= 0.3 is 0 Å². The summed E-state index contributed by atoms with van der Waals surface area (Å²) in [4.78, 5) is 26.8. The van der Waals surface area contributed by atoms with Gasteiger partial charge in [-0.15, -0.1) is 0 Å². The molecule has 1 saturated heterocycles. The van der Waals surface area contributed by atoms with Crippen molar-refractivity contribution in [1.82, 2.24) is 4.90 Å². The molecule has 1 aliphatic rings. The van der Waals surface area contributed by atoms with Crippen LogP contribution in [0.4, 0.5) is 5.69 Å². The molecule has 0 saturated carbocycles. The molecule has 1 aromatic carbocycles. The molecule has 1 aliphatic heterocycles. The van der Waals surface area contributed by atoms with Crippen LogP contribution in [0.5, 0.6) is 0 Å². The van der Waals surface area contributed by atoms with E-state index in [1.54, 1.807) is 12.1 Å². The predicted octanol–water partition coefficient (Wildman–Crippen LogP) is 2.36. The van der Waals surface area contributed by atoms with E-state index < -0.39 is 0 Å². The molecule has 1 aromatic rings. The zero-order valence-corrected chi connectivity index (χ0v) is 10.4. The van der Waals surface area contributed by atoms with E-state index in [2.05, 4.69) is 10.0 Å². The summed E-state index contributed by atoms with van der Waals surface area (Å²) in [5.41, 5.74) is 9.93. The number of hydrogen-bond acceptors (Lipinski definition) is 4. The van der Waals surface area contributed by atoms with Gasteiger partial charge in [-0.3, -0.25) is 14.5 Å². The van der Waals surface area contributed by atoms with Crippen LogP contribution in [-0.2, 0) is 16.1 Å². The lowest BCUT2D eigenvalue weighted by atomic mass is 10.1. The Morgan fingerprint density at radius 2 is 2.42 bits per heavy atom. The second-order valence-corrected chi connectivity index (χ2v) is 4.51. The third kappa shape index (κ3) is 3.19. The van der Waals surface area contributed by atoms with E-state index in [1.807, 2.05) is 17.0 Å². The summed E-state index contributed by atoms with van der Waals surface area (Å²) >= 11 is 0. The molecule has 2 rings (SSSR count). The van der Waals surface area contributed by atoms with Gasteiger partial charge in [-0.2, -0.15) is 0 Å². The van der Waals surface area contributed by atoms with Gasteiger partial charge < -0.3 is 0 Å². The molecule has 98 valence electrons. The lowest BCUT2D eigenvalue weighted by Crippen LogP contribution is -2.36. The summed E-state index contributed by atoms with van der Waals surface area (Å²) in [6.07, 6.45) is 2.05. The van der Waals surface area contributed by atoms with Crippen molar-refractivity contribution in [2.24, 2.45) is 5.11 Å². The van der Waals surface area contributed by atoms with Crippen LogP contribution in [0, 0.1) is 0 Å². The third-order valence-electron chi connectivity index (χ3n) is 3.26. The zero-order valence-electron chi connectivity index (χ0n) is 10.4. The van der Waals surface area contributed by atoms with E-state index in [-0.39, 0.29) is 11.8 Å². The first-order valence-electron chi connectivity index (χ1n) is 6.11. The molecule has 6 nitrogen and oxygen atoms in total. The first kappa shape index (κ1) is 13.3. The maximum absolute atomic E-state index is 11.5. The molecular formula is C13H14N4O2. The predicted molar refractivity (Wildman–Crippen MR) is 69.8 cm³/mol. The molecule has 0 radical (unpaired) electrons. The van der Waals surface area contributed by atoms with Crippen LogP contribution in [0.3, 0.4) is 0 Å². The molecule has 1 heterocycles. The quantitative estimate of drug-likeness (QED) is 0.267. The average Bonchev–Trinajstić information content (AvgIpc) is 2.87. The highest BCUT2D eigenvalue weighted by Gasteiger charge is 2.29. The summed E-state index contributed by atoms with van der Waals surface area (Å²) in [6.45, 7) is 1.38. The number of hydrogen-bond donors (Lipinski definition) is 0. The van der Waals surface area contributed by atoms with Crippen molar-refractivity contribution in [3.05, 3.63) is 40.3 Å². The Morgan fingerprint density at radius 1 is 1.58 bits per heavy atom. The van der Waals surface area contributed by atoms with E-state index in [4.69, 9.17) is 5.53 Å². The van der Waals surface area contributed by atoms with Gasteiger partial charge in [0.15, 0.2) is 6.29 Å². The van der Waals surface area contributed by atoms with Crippen molar-refractivity contribution in [3.63, 3.8) is 0 Å². The van der Waals surface area contributed by atoms with Crippen molar-refractivity contribution < 1.29 is 9.59 Å². The van der Waals surface area contributed by atoms with Crippen molar-refractivity contribution in [3.8, 4) is 0 Å². The van der Waals surface area contributed by atoms with Crippen molar-refractivity contribution >= 4 is 17.8 Å². The van der Waals surface area contributed by atoms with Crippen LogP contribution < -0.4 is 0 Å². The minimum Gasteiger partial charge on any atom is -0.295 e. The first-order valence-corrected chi connectivity index (χ1v) is 6.11. The number of nitrogens with zero attached hydrogens (tertiary/aromatic N) is 4. The topological polar surface area (TPSA) is 86.1 Å². The molecule has 0 aromatic heterocycles. The number of carbonyl (C=O) groups excluding carboxylic acids is 2. The number of aldehydes is 1. The molecule has 0 aliphatic carbocycles. The number of benzene rings is 1. The van der Waals surface area contributed by atoms with Gasteiger partial charge in [0.2, 0.25) is 5.78 Å². The highest BCUT2D eigenvalue weighted by molar-refractivity contribution is 6.27. The van der Waals surface area contributed by atoms with E-state index >= 15 is 0 Å². The number of ketones is 1. The summed E-state index contributed by atoms with van der Waals surface area (Å²) < 4.78 is 0. The lowest BCUT2D eigenvalue weighted by molar-refractivity contribution is -0.132. The molecule has 1 fully saturated rings. The summed E-state index contributed by atoms with van der Waals surface area (Å²) in [6, 6.07) is 6.94. The Hall–Kier alpha value is -2.17. The second kappa shape index (κ2) is 6.13. The Labute approximate surface area is 110 Å². The standard InChI is InChI=1S/C13H14N4O2/c14-16-15-11-4-1-3-10(7-11)8-17-6-2-5-12(17)13(19)9-18/h1,3-4,7,9,12H,2,5-6,8H2. The van der Waals surface area contributed by atoms with Gasteiger partial charge in [0.05, 0.1) is 6.04 Å². The molecule has 0 amide bonds. The van der Waals surface area contributed by atoms with Crippen LogP contribution in [0.15, 0.2) is 29.4 Å². The van der Waals surface area contributed by atoms with E-state index in [0.717, 1.165) is 24.9 Å². The van der Waals surface area contributed by atoms with Crippen LogP contribution in [0.1, 0.15) is 18.4 Å². The first-order chi connectivity index (χ1) is 9.24. The highest BCUT2D eigenvalue weighted by atomic mass is 16.2. The average molecular weight is 258 g/mol. The molecule has 0 bridgehead atoms. The monoisotopic (exact) mass is 258 g/mol. The summed E-state index contributed by atoms with van der Waals surface area (Å²) in [5, 5.41) is 3.55. The van der Waals surface area contributed by atoms with Gasteiger partial charge in [0.1, 0.15) is 0 Å². The van der Waals surface area contributed by atoms with Crippen molar-refractivity contribution in [2.75, 3.05) is 6.54 Å². The van der Waals surface area contributed by atoms with Crippen LogP contribution in [-0.4, -0.2) is 29.6 Å². The largest absolute Gasteiger partial charge is 0.295 e. The van der Waals surface area contributed by atoms with Crippen LogP contribution in [0.25, 0.3) is 10.4 Å². The molecule has 19 heavy (non-hydrogen) atoms.